The predicted molar refractivity (Wildman–Crippen MR) is 67.4 cm³/mol. The quantitative estimate of drug-likeness (QED) is 0.477. The van der Waals surface area contributed by atoms with Gasteiger partial charge in [0.15, 0.2) is 0 Å². The summed E-state index contributed by atoms with van der Waals surface area (Å²) in [6, 6.07) is 0. The lowest BCUT2D eigenvalue weighted by atomic mass is 10.3. The number of nitrogens with one attached hydrogen (secondary N) is 1. The number of amidine groups is 1. The third-order valence-electron chi connectivity index (χ3n) is 1.78. The van der Waals surface area contributed by atoms with Crippen molar-refractivity contribution in [2.75, 3.05) is 13.2 Å². The second kappa shape index (κ2) is 6.58. The second-order valence-electron chi connectivity index (χ2n) is 3.44. The highest BCUT2D eigenvalue weighted by atomic mass is 79.9. The Hall–Kier alpha value is 0.0300. The maximum atomic E-state index is 5.70. The highest BCUT2D eigenvalue weighted by molar-refractivity contribution is 9.10. The van der Waals surface area contributed by atoms with Crippen LogP contribution >= 0.6 is 27.5 Å². The largest absolute Gasteiger partial charge is 0.377 e. The standard InChI is InChI=1S/C9H15BrClN3O/c1-6(2)15-4-3-12-8-7(10)5-13-9(11)14-8/h5-8,12H,3-4H2,1-2H3. The second-order valence-corrected chi connectivity index (χ2v) is 4.83. The summed E-state index contributed by atoms with van der Waals surface area (Å²) in [6.07, 6.45) is 1.92. The Bertz CT molecular complexity index is 258. The van der Waals surface area contributed by atoms with Gasteiger partial charge in [0.2, 0.25) is 5.29 Å². The van der Waals surface area contributed by atoms with Crippen LogP contribution in [0.4, 0.5) is 0 Å². The van der Waals surface area contributed by atoms with Crippen molar-refractivity contribution in [3.05, 3.63) is 0 Å². The fraction of sp³-hybridized carbons (Fsp3) is 0.778. The molecule has 86 valence electrons. The highest BCUT2D eigenvalue weighted by Gasteiger charge is 2.19. The molecule has 0 aromatic carbocycles. The highest BCUT2D eigenvalue weighted by Crippen LogP contribution is 2.11. The lowest BCUT2D eigenvalue weighted by Crippen LogP contribution is -2.40. The first kappa shape index (κ1) is 13.1. The maximum Gasteiger partial charge on any atom is 0.219 e. The molecule has 15 heavy (non-hydrogen) atoms. The number of aliphatic imine (C=N–C) groups is 2. The molecule has 2 unspecified atom stereocenters. The molecule has 4 nitrogen and oxygen atoms in total. The van der Waals surface area contributed by atoms with E-state index in [1.54, 1.807) is 6.21 Å². The molecular weight excluding hydrogens is 281 g/mol. The van der Waals surface area contributed by atoms with Gasteiger partial charge < -0.3 is 4.74 Å². The van der Waals surface area contributed by atoms with E-state index in [2.05, 4.69) is 31.2 Å². The Morgan fingerprint density at radius 2 is 2.40 bits per heavy atom. The number of nitrogens with zero attached hydrogens (tertiary/aromatic N) is 2. The zero-order chi connectivity index (χ0) is 11.3. The van der Waals surface area contributed by atoms with Crippen LogP contribution in [0, 0.1) is 0 Å². The van der Waals surface area contributed by atoms with E-state index in [1.165, 1.54) is 0 Å². The van der Waals surface area contributed by atoms with E-state index < -0.39 is 0 Å². The van der Waals surface area contributed by atoms with Crippen molar-refractivity contribution in [2.45, 2.75) is 30.9 Å². The molecule has 0 fully saturated rings. The molecule has 0 saturated heterocycles. The summed E-state index contributed by atoms with van der Waals surface area (Å²) >= 11 is 9.14. The zero-order valence-corrected chi connectivity index (χ0v) is 11.1. The predicted octanol–water partition coefficient (Wildman–Crippen LogP) is 1.77. The van der Waals surface area contributed by atoms with E-state index >= 15 is 0 Å². The number of hydrogen-bond donors (Lipinski definition) is 1. The SMILES string of the molecule is CC(C)OCCNC1N=C(Cl)N=CC1Br. The summed E-state index contributed by atoms with van der Waals surface area (Å²) in [5.74, 6) is 0. The molecule has 0 aliphatic carbocycles. The van der Waals surface area contributed by atoms with Gasteiger partial charge in [-0.25, -0.2) is 9.98 Å². The smallest absolute Gasteiger partial charge is 0.219 e. The zero-order valence-electron chi connectivity index (χ0n) is 8.78. The maximum absolute atomic E-state index is 5.70. The molecule has 0 bridgehead atoms. The van der Waals surface area contributed by atoms with Crippen molar-refractivity contribution in [1.82, 2.24) is 5.32 Å². The van der Waals surface area contributed by atoms with Gasteiger partial charge in [-0.05, 0) is 25.4 Å². The molecular formula is C9H15BrClN3O. The van der Waals surface area contributed by atoms with Gasteiger partial charge in [0, 0.05) is 12.8 Å². The first-order chi connectivity index (χ1) is 7.09. The number of halogens is 2. The molecule has 1 heterocycles. The Morgan fingerprint density at radius 3 is 3.07 bits per heavy atom. The van der Waals surface area contributed by atoms with Crippen LogP contribution in [0.1, 0.15) is 13.8 Å². The normalized spacial score (nSPS) is 25.8. The third-order valence-corrected chi connectivity index (χ3v) is 2.71. The lowest BCUT2D eigenvalue weighted by Gasteiger charge is -2.20. The molecule has 1 N–H and O–H groups in total. The van der Waals surface area contributed by atoms with Crippen LogP contribution in [-0.2, 0) is 4.74 Å². The summed E-state index contributed by atoms with van der Waals surface area (Å²) in [4.78, 5) is 8.12. The van der Waals surface area contributed by atoms with Crippen LogP contribution < -0.4 is 5.32 Å². The van der Waals surface area contributed by atoms with Crippen molar-refractivity contribution in [2.24, 2.45) is 9.98 Å². The fourth-order valence-corrected chi connectivity index (χ4v) is 1.68. The summed E-state index contributed by atoms with van der Waals surface area (Å²) < 4.78 is 5.40. The van der Waals surface area contributed by atoms with Crippen LogP contribution in [0.15, 0.2) is 9.98 Å². The molecule has 0 spiro atoms. The minimum Gasteiger partial charge on any atom is -0.377 e. The van der Waals surface area contributed by atoms with Crippen molar-refractivity contribution in [3.63, 3.8) is 0 Å². The Labute approximate surface area is 103 Å². The summed E-state index contributed by atoms with van der Waals surface area (Å²) in [5, 5.41) is 3.51. The minimum atomic E-state index is -0.0641. The summed E-state index contributed by atoms with van der Waals surface area (Å²) in [7, 11) is 0. The van der Waals surface area contributed by atoms with Crippen molar-refractivity contribution < 1.29 is 4.74 Å². The number of alkyl halides is 1. The van der Waals surface area contributed by atoms with Gasteiger partial charge in [0.1, 0.15) is 6.17 Å². The average molecular weight is 297 g/mol. The van der Waals surface area contributed by atoms with E-state index in [9.17, 15) is 0 Å². The van der Waals surface area contributed by atoms with Gasteiger partial charge >= 0.3 is 0 Å². The minimum absolute atomic E-state index is 0.0641. The molecule has 2 atom stereocenters. The molecule has 0 amide bonds. The Kier molecular flexibility index (Phi) is 5.74. The number of hydrogen-bond acceptors (Lipinski definition) is 4. The first-order valence-electron chi connectivity index (χ1n) is 4.86. The molecule has 1 rings (SSSR count). The summed E-state index contributed by atoms with van der Waals surface area (Å²) in [6.45, 7) is 5.43. The number of rotatable bonds is 5. The third kappa shape index (κ3) is 5.06. The van der Waals surface area contributed by atoms with Gasteiger partial charge in [0.05, 0.1) is 17.5 Å². The Morgan fingerprint density at radius 1 is 1.67 bits per heavy atom. The Balaban J connectivity index is 2.23. The van der Waals surface area contributed by atoms with Gasteiger partial charge in [-0.1, -0.05) is 15.9 Å². The van der Waals surface area contributed by atoms with Gasteiger partial charge in [-0.3, -0.25) is 5.32 Å². The average Bonchev–Trinajstić information content (AvgIpc) is 2.17. The summed E-state index contributed by atoms with van der Waals surface area (Å²) in [5.41, 5.74) is 0. The van der Waals surface area contributed by atoms with E-state index in [4.69, 9.17) is 16.3 Å². The molecule has 0 aromatic rings. The van der Waals surface area contributed by atoms with E-state index in [0.717, 1.165) is 6.54 Å². The molecule has 0 aromatic heterocycles. The molecule has 0 radical (unpaired) electrons. The molecule has 0 saturated carbocycles. The lowest BCUT2D eigenvalue weighted by molar-refractivity contribution is 0.0797. The van der Waals surface area contributed by atoms with Crippen LogP contribution in [-0.4, -0.2) is 41.8 Å². The monoisotopic (exact) mass is 295 g/mol. The fourth-order valence-electron chi connectivity index (χ4n) is 1.09. The van der Waals surface area contributed by atoms with Crippen LogP contribution in [0.2, 0.25) is 0 Å². The van der Waals surface area contributed by atoms with Crippen molar-refractivity contribution >= 4 is 39.0 Å². The van der Waals surface area contributed by atoms with Gasteiger partial charge in [-0.15, -0.1) is 0 Å². The van der Waals surface area contributed by atoms with Gasteiger partial charge in [0.25, 0.3) is 0 Å². The van der Waals surface area contributed by atoms with Gasteiger partial charge in [-0.2, -0.15) is 0 Å². The van der Waals surface area contributed by atoms with E-state index in [1.807, 2.05) is 13.8 Å². The van der Waals surface area contributed by atoms with Crippen LogP contribution in [0.5, 0.6) is 0 Å². The van der Waals surface area contributed by atoms with E-state index in [-0.39, 0.29) is 22.4 Å². The van der Waals surface area contributed by atoms with Crippen LogP contribution in [0.3, 0.4) is 0 Å². The topological polar surface area (TPSA) is 46.0 Å². The van der Waals surface area contributed by atoms with Crippen LogP contribution in [0.25, 0.3) is 0 Å². The first-order valence-corrected chi connectivity index (χ1v) is 6.15. The molecule has 1 aliphatic rings. The van der Waals surface area contributed by atoms with Crippen molar-refractivity contribution in [1.29, 1.82) is 0 Å². The van der Waals surface area contributed by atoms with E-state index in [0.29, 0.717) is 6.61 Å². The molecule has 6 heteroatoms. The van der Waals surface area contributed by atoms with Crippen molar-refractivity contribution in [3.8, 4) is 0 Å². The number of ether oxygens (including phenoxy) is 1. The molecule has 1 aliphatic heterocycles.